The second kappa shape index (κ2) is 8.18. The van der Waals surface area contributed by atoms with E-state index in [1.807, 2.05) is 0 Å². The van der Waals surface area contributed by atoms with Gasteiger partial charge in [-0.3, -0.25) is 4.18 Å². The molecule has 0 spiro atoms. The monoisotopic (exact) mass is 289 g/mol. The van der Waals surface area contributed by atoms with Crippen LogP contribution >= 0.6 is 7.75 Å². The Hall–Kier alpha value is 0.0200. The fourth-order valence-electron chi connectivity index (χ4n) is 1.22. The van der Waals surface area contributed by atoms with Crippen molar-refractivity contribution in [3.8, 4) is 0 Å². The average molecular weight is 289 g/mol. The van der Waals surface area contributed by atoms with E-state index < -0.39 is 18.1 Å². The van der Waals surface area contributed by atoms with E-state index in [2.05, 4.69) is 11.1 Å². The Morgan fingerprint density at radius 1 is 1.12 bits per heavy atom. The summed E-state index contributed by atoms with van der Waals surface area (Å²) in [6.07, 6.45) is 5.78. The molecule has 3 N–H and O–H groups in total. The standard InChI is InChI=1S/C8H20NO6PS/c1-2-3-4-5-6-7-8-15-17(13,14)9-16(10,11)12/h2-8H2,1H3,(H3,9,10,11,12). The Morgan fingerprint density at radius 3 is 2.18 bits per heavy atom. The number of rotatable bonds is 10. The molecular weight excluding hydrogens is 269 g/mol. The minimum atomic E-state index is -4.82. The minimum Gasteiger partial charge on any atom is -0.312 e. The molecule has 0 aromatic carbocycles. The highest BCUT2D eigenvalue weighted by molar-refractivity contribution is 7.90. The first-order valence-corrected chi connectivity index (χ1v) is 8.53. The van der Waals surface area contributed by atoms with E-state index in [1.54, 1.807) is 0 Å². The van der Waals surface area contributed by atoms with Gasteiger partial charge in [-0.1, -0.05) is 43.5 Å². The highest BCUT2D eigenvalue weighted by atomic mass is 32.2. The lowest BCUT2D eigenvalue weighted by molar-refractivity contribution is 0.298. The number of hydrogen-bond acceptors (Lipinski definition) is 4. The molecule has 0 aliphatic rings. The minimum absolute atomic E-state index is 0.0680. The van der Waals surface area contributed by atoms with Gasteiger partial charge in [0.15, 0.2) is 0 Å². The Balaban J connectivity index is 3.64. The van der Waals surface area contributed by atoms with Gasteiger partial charge in [-0.05, 0) is 6.42 Å². The van der Waals surface area contributed by atoms with Gasteiger partial charge in [0, 0.05) is 0 Å². The van der Waals surface area contributed by atoms with Crippen LogP contribution in [0, 0.1) is 0 Å². The molecule has 0 aromatic heterocycles. The Bertz CT molecular complexity index is 338. The fraction of sp³-hybridized carbons (Fsp3) is 1.00. The SMILES string of the molecule is CCCCCCCCOS(=O)(=O)NP(=O)(O)O. The van der Waals surface area contributed by atoms with Crippen LogP contribution in [0.2, 0.25) is 0 Å². The molecule has 0 saturated carbocycles. The lowest BCUT2D eigenvalue weighted by Gasteiger charge is -2.07. The van der Waals surface area contributed by atoms with Gasteiger partial charge in [0.2, 0.25) is 0 Å². The first kappa shape index (κ1) is 17.0. The summed E-state index contributed by atoms with van der Waals surface area (Å²) in [7, 11) is -9.17. The lowest BCUT2D eigenvalue weighted by atomic mass is 10.1. The Kier molecular flexibility index (Phi) is 8.19. The summed E-state index contributed by atoms with van der Waals surface area (Å²) in [4.78, 5) is 16.8. The van der Waals surface area contributed by atoms with E-state index >= 15 is 0 Å². The van der Waals surface area contributed by atoms with Gasteiger partial charge in [-0.2, -0.15) is 8.42 Å². The molecule has 0 saturated heterocycles. The van der Waals surface area contributed by atoms with Gasteiger partial charge in [0.25, 0.3) is 0 Å². The van der Waals surface area contributed by atoms with E-state index in [1.165, 1.54) is 0 Å². The molecule has 9 heteroatoms. The largest absolute Gasteiger partial charge is 0.415 e. The van der Waals surface area contributed by atoms with Crippen LogP contribution in [-0.2, 0) is 19.1 Å². The highest BCUT2D eigenvalue weighted by Gasteiger charge is 2.23. The Morgan fingerprint density at radius 2 is 1.65 bits per heavy atom. The summed E-state index contributed by atoms with van der Waals surface area (Å²) in [5.41, 5.74) is 0. The van der Waals surface area contributed by atoms with Crippen molar-refractivity contribution in [2.45, 2.75) is 45.4 Å². The molecule has 0 atom stereocenters. The van der Waals surface area contributed by atoms with E-state index in [0.29, 0.717) is 6.42 Å². The van der Waals surface area contributed by atoms with E-state index in [9.17, 15) is 13.0 Å². The zero-order valence-corrected chi connectivity index (χ0v) is 11.5. The molecular formula is C8H20NO6PS. The maximum atomic E-state index is 11.0. The van der Waals surface area contributed by atoms with Gasteiger partial charge >= 0.3 is 18.1 Å². The quantitative estimate of drug-likeness (QED) is 0.412. The van der Waals surface area contributed by atoms with E-state index in [-0.39, 0.29) is 6.61 Å². The van der Waals surface area contributed by atoms with E-state index in [4.69, 9.17) is 9.79 Å². The van der Waals surface area contributed by atoms with Crippen molar-refractivity contribution in [3.63, 3.8) is 0 Å². The molecule has 0 heterocycles. The summed E-state index contributed by atoms with van der Waals surface area (Å²) in [5, 5.41) is 0. The van der Waals surface area contributed by atoms with Crippen molar-refractivity contribution in [1.82, 2.24) is 4.49 Å². The van der Waals surface area contributed by atoms with E-state index in [0.717, 1.165) is 36.6 Å². The molecule has 0 fully saturated rings. The summed E-state index contributed by atoms with van der Waals surface area (Å²) >= 11 is 0. The van der Waals surface area contributed by atoms with Gasteiger partial charge in [-0.25, -0.2) is 4.57 Å². The smallest absolute Gasteiger partial charge is 0.312 e. The van der Waals surface area contributed by atoms with Crippen LogP contribution in [-0.4, -0.2) is 24.8 Å². The fourth-order valence-corrected chi connectivity index (χ4v) is 2.94. The maximum absolute atomic E-state index is 11.0. The average Bonchev–Trinajstić information content (AvgIpc) is 2.12. The van der Waals surface area contributed by atoms with Crippen molar-refractivity contribution in [2.75, 3.05) is 6.61 Å². The van der Waals surface area contributed by atoms with Crippen molar-refractivity contribution < 1.29 is 27.0 Å². The predicted molar refractivity (Wildman–Crippen MR) is 63.4 cm³/mol. The van der Waals surface area contributed by atoms with Crippen molar-refractivity contribution in [3.05, 3.63) is 0 Å². The van der Waals surface area contributed by atoms with Crippen LogP contribution < -0.4 is 4.49 Å². The number of unbranched alkanes of at least 4 members (excludes halogenated alkanes) is 5. The van der Waals surface area contributed by atoms with Crippen LogP contribution in [0.25, 0.3) is 0 Å². The summed E-state index contributed by atoms with van der Waals surface area (Å²) in [5.74, 6) is 0. The highest BCUT2D eigenvalue weighted by Crippen LogP contribution is 2.29. The first-order valence-electron chi connectivity index (χ1n) is 5.51. The molecule has 0 aliphatic heterocycles. The normalized spacial score (nSPS) is 12.9. The maximum Gasteiger partial charge on any atom is 0.415 e. The lowest BCUT2D eigenvalue weighted by Crippen LogP contribution is -2.23. The van der Waals surface area contributed by atoms with Gasteiger partial charge in [0.05, 0.1) is 6.61 Å². The third-order valence-electron chi connectivity index (χ3n) is 1.97. The number of nitrogens with one attached hydrogen (secondary N) is 1. The second-order valence-electron chi connectivity index (χ2n) is 3.68. The van der Waals surface area contributed by atoms with Gasteiger partial charge in [-0.15, -0.1) is 0 Å². The van der Waals surface area contributed by atoms with Crippen LogP contribution in [0.15, 0.2) is 0 Å². The molecule has 0 radical (unpaired) electrons. The molecule has 0 bridgehead atoms. The summed E-state index contributed by atoms with van der Waals surface area (Å²) < 4.78 is 37.8. The molecule has 0 aromatic rings. The van der Waals surface area contributed by atoms with Crippen LogP contribution in [0.1, 0.15) is 45.4 Å². The molecule has 0 aliphatic carbocycles. The first-order chi connectivity index (χ1) is 7.77. The molecule has 0 rings (SSSR count). The second-order valence-corrected chi connectivity index (χ2v) is 6.64. The van der Waals surface area contributed by atoms with Crippen molar-refractivity contribution in [1.29, 1.82) is 0 Å². The van der Waals surface area contributed by atoms with Crippen LogP contribution in [0.4, 0.5) is 0 Å². The molecule has 7 nitrogen and oxygen atoms in total. The van der Waals surface area contributed by atoms with Crippen LogP contribution in [0.5, 0.6) is 0 Å². The number of hydrogen-bond donors (Lipinski definition) is 3. The molecule has 0 amide bonds. The van der Waals surface area contributed by atoms with Gasteiger partial charge < -0.3 is 9.79 Å². The Labute approximate surface area is 102 Å². The summed E-state index contributed by atoms with van der Waals surface area (Å²) in [6, 6.07) is 0. The zero-order chi connectivity index (χ0) is 13.4. The van der Waals surface area contributed by atoms with Gasteiger partial charge in [0.1, 0.15) is 0 Å². The van der Waals surface area contributed by atoms with Crippen LogP contribution in [0.3, 0.4) is 0 Å². The third-order valence-corrected chi connectivity index (χ3v) is 4.29. The van der Waals surface area contributed by atoms with Crippen molar-refractivity contribution >= 4 is 18.1 Å². The van der Waals surface area contributed by atoms with Crippen molar-refractivity contribution in [2.24, 2.45) is 0 Å². The predicted octanol–water partition coefficient (Wildman–Crippen LogP) is 1.29. The molecule has 17 heavy (non-hydrogen) atoms. The molecule has 104 valence electrons. The summed E-state index contributed by atoms with van der Waals surface area (Å²) in [6.45, 7) is 2.03. The zero-order valence-electron chi connectivity index (χ0n) is 9.83. The molecule has 0 unspecified atom stereocenters. The third kappa shape index (κ3) is 12.3. The topological polar surface area (TPSA) is 113 Å².